The molecule has 3 N–H and O–H groups in total. The van der Waals surface area contributed by atoms with E-state index in [1.807, 2.05) is 13.8 Å². The Balaban J connectivity index is 1.54. The van der Waals surface area contributed by atoms with Crippen LogP contribution in [0.1, 0.15) is 69.7 Å². The molecule has 10 heteroatoms. The van der Waals surface area contributed by atoms with E-state index in [9.17, 15) is 24.9 Å². The van der Waals surface area contributed by atoms with Gasteiger partial charge in [0.25, 0.3) is 5.79 Å². The van der Waals surface area contributed by atoms with Crippen molar-refractivity contribution in [3.8, 4) is 11.5 Å². The van der Waals surface area contributed by atoms with Gasteiger partial charge in [0.2, 0.25) is 11.4 Å². The molecule has 0 amide bonds. The summed E-state index contributed by atoms with van der Waals surface area (Å²) in [6.07, 6.45) is -1.53. The van der Waals surface area contributed by atoms with Crippen molar-refractivity contribution in [3.05, 3.63) is 33.9 Å². The SMILES string of the molecule is COC(CO)C12OC3c4c(C)cc5c(C=O)c6c(c(O)c5c4OC(O)(C3O1)C21CO1)C(=O)[C@H](C)C[C@@H]6C. The normalized spacial score (nSPS) is 39.5. The predicted molar refractivity (Wildman–Crippen MR) is 126 cm³/mol. The highest BCUT2D eigenvalue weighted by Crippen LogP contribution is 2.70. The largest absolute Gasteiger partial charge is 0.506 e. The van der Waals surface area contributed by atoms with Crippen LogP contribution in [-0.4, -0.2) is 77.1 Å². The molecule has 8 atom stereocenters. The maximum absolute atomic E-state index is 13.3. The van der Waals surface area contributed by atoms with Gasteiger partial charge in [-0.05, 0) is 36.5 Å². The summed E-state index contributed by atoms with van der Waals surface area (Å²) < 4.78 is 30.2. The molecule has 1 spiro atoms. The van der Waals surface area contributed by atoms with Crippen molar-refractivity contribution >= 4 is 22.8 Å². The summed E-state index contributed by atoms with van der Waals surface area (Å²) in [5, 5.41) is 34.2. The number of rotatable bonds is 4. The Hall–Kier alpha value is -2.60. The van der Waals surface area contributed by atoms with Crippen LogP contribution in [0, 0.1) is 12.8 Å². The Bertz CT molecular complexity index is 1410. The summed E-state index contributed by atoms with van der Waals surface area (Å²) in [5.74, 6) is -4.50. The molecular weight excluding hydrogens is 484 g/mol. The lowest BCUT2D eigenvalue weighted by molar-refractivity contribution is -0.307. The lowest BCUT2D eigenvalue weighted by Gasteiger charge is -2.47. The van der Waals surface area contributed by atoms with E-state index in [4.69, 9.17) is 23.7 Å². The van der Waals surface area contributed by atoms with Crippen LogP contribution < -0.4 is 4.74 Å². The van der Waals surface area contributed by atoms with Crippen molar-refractivity contribution in [2.24, 2.45) is 5.92 Å². The molecule has 7 rings (SSSR count). The number of carbonyl (C=O) groups excluding carboxylic acids is 2. The summed E-state index contributed by atoms with van der Waals surface area (Å²) >= 11 is 0. The highest BCUT2D eigenvalue weighted by molar-refractivity contribution is 6.15. The van der Waals surface area contributed by atoms with Gasteiger partial charge in [0.1, 0.15) is 23.7 Å². The third kappa shape index (κ3) is 2.39. The smallest absolute Gasteiger partial charge is 0.274 e. The summed E-state index contributed by atoms with van der Waals surface area (Å²) in [6.45, 7) is 5.14. The highest BCUT2D eigenvalue weighted by Gasteiger charge is 2.92. The minimum Gasteiger partial charge on any atom is -0.506 e. The number of aryl methyl sites for hydroxylation is 1. The van der Waals surface area contributed by atoms with E-state index in [1.54, 1.807) is 13.0 Å². The first-order valence-electron chi connectivity index (χ1n) is 12.5. The Labute approximate surface area is 212 Å². The summed E-state index contributed by atoms with van der Waals surface area (Å²) in [5.41, 5.74) is 0.704. The van der Waals surface area contributed by atoms with Gasteiger partial charge in [-0.15, -0.1) is 0 Å². The van der Waals surface area contributed by atoms with Crippen LogP contribution in [0.15, 0.2) is 6.07 Å². The number of phenolic OH excluding ortho intramolecular Hbond substituents is 1. The van der Waals surface area contributed by atoms with Gasteiger partial charge < -0.3 is 39.0 Å². The van der Waals surface area contributed by atoms with Crippen molar-refractivity contribution in [1.29, 1.82) is 0 Å². The number of hydrogen-bond acceptors (Lipinski definition) is 10. The number of ether oxygens (including phenoxy) is 5. The maximum atomic E-state index is 13.3. The molecule has 2 aromatic carbocycles. The Morgan fingerprint density at radius 3 is 2.59 bits per heavy atom. The van der Waals surface area contributed by atoms with E-state index in [0.29, 0.717) is 40.3 Å². The van der Waals surface area contributed by atoms with Gasteiger partial charge in [-0.25, -0.2) is 0 Å². The van der Waals surface area contributed by atoms with Crippen molar-refractivity contribution < 1.29 is 48.6 Å². The number of hydrogen-bond donors (Lipinski definition) is 3. The zero-order valence-electron chi connectivity index (χ0n) is 20.9. The monoisotopic (exact) mass is 512 g/mol. The third-order valence-corrected chi connectivity index (χ3v) is 9.12. The van der Waals surface area contributed by atoms with Crippen LogP contribution in [-0.2, 0) is 18.9 Å². The lowest BCUT2D eigenvalue weighted by Crippen LogP contribution is -2.69. The zero-order valence-corrected chi connectivity index (χ0v) is 20.9. The molecule has 3 fully saturated rings. The quantitative estimate of drug-likeness (QED) is 0.411. The summed E-state index contributed by atoms with van der Waals surface area (Å²) in [4.78, 5) is 25.7. The topological polar surface area (TPSA) is 144 Å². The average molecular weight is 513 g/mol. The number of aliphatic hydroxyl groups is 2. The van der Waals surface area contributed by atoms with Crippen LogP contribution in [0.3, 0.4) is 0 Å². The van der Waals surface area contributed by atoms with Gasteiger partial charge in [0.05, 0.1) is 24.2 Å². The molecule has 2 bridgehead atoms. The van der Waals surface area contributed by atoms with E-state index in [1.165, 1.54) is 7.11 Å². The van der Waals surface area contributed by atoms with Gasteiger partial charge in [-0.1, -0.05) is 13.8 Å². The Kier molecular flexibility index (Phi) is 4.50. The number of carbonyl (C=O) groups is 2. The molecule has 5 aliphatic rings. The van der Waals surface area contributed by atoms with Crippen molar-refractivity contribution in [2.75, 3.05) is 20.3 Å². The maximum Gasteiger partial charge on any atom is 0.274 e. The molecule has 4 heterocycles. The highest BCUT2D eigenvalue weighted by atomic mass is 16.9. The third-order valence-electron chi connectivity index (χ3n) is 9.12. The van der Waals surface area contributed by atoms with E-state index >= 15 is 0 Å². The van der Waals surface area contributed by atoms with Crippen molar-refractivity contribution in [3.63, 3.8) is 0 Å². The molecule has 37 heavy (non-hydrogen) atoms. The second-order valence-corrected chi connectivity index (χ2v) is 11.0. The number of benzene rings is 2. The molecule has 0 radical (unpaired) electrons. The molecule has 10 nitrogen and oxygen atoms in total. The lowest BCUT2D eigenvalue weighted by atomic mass is 9.73. The Morgan fingerprint density at radius 1 is 1.24 bits per heavy atom. The minimum atomic E-state index is -2.04. The van der Waals surface area contributed by atoms with Gasteiger partial charge in [-0.2, -0.15) is 0 Å². The number of aliphatic hydroxyl groups excluding tert-OH is 1. The first-order valence-corrected chi connectivity index (χ1v) is 12.5. The molecular formula is C27H28O10. The number of aromatic hydroxyl groups is 1. The van der Waals surface area contributed by atoms with Crippen LogP contribution in [0.5, 0.6) is 11.5 Å². The van der Waals surface area contributed by atoms with Gasteiger partial charge in [0.15, 0.2) is 18.2 Å². The fourth-order valence-electron chi connectivity index (χ4n) is 7.36. The number of Topliss-reactive ketones (excluding diaryl/α,β-unsaturated/α-hetero) is 1. The Morgan fingerprint density at radius 2 is 1.97 bits per heavy atom. The number of aldehydes is 1. The first-order chi connectivity index (χ1) is 17.6. The molecule has 1 aliphatic carbocycles. The van der Waals surface area contributed by atoms with Crippen LogP contribution in [0.2, 0.25) is 0 Å². The van der Waals surface area contributed by atoms with Crippen molar-refractivity contribution in [1.82, 2.24) is 0 Å². The molecule has 6 unspecified atom stereocenters. The van der Waals surface area contributed by atoms with Crippen LogP contribution in [0.25, 0.3) is 10.8 Å². The van der Waals surface area contributed by atoms with E-state index in [0.717, 1.165) is 0 Å². The number of methoxy groups -OCH3 is 1. The van der Waals surface area contributed by atoms with E-state index in [-0.39, 0.29) is 46.7 Å². The number of epoxide rings is 1. The van der Waals surface area contributed by atoms with Crippen LogP contribution >= 0.6 is 0 Å². The van der Waals surface area contributed by atoms with E-state index in [2.05, 4.69) is 0 Å². The van der Waals surface area contributed by atoms with Gasteiger partial charge in [-0.3, -0.25) is 9.59 Å². The molecule has 3 saturated heterocycles. The zero-order chi connectivity index (χ0) is 26.2. The second kappa shape index (κ2) is 7.07. The number of ketones is 1. The minimum absolute atomic E-state index is 0.0279. The summed E-state index contributed by atoms with van der Waals surface area (Å²) in [6, 6.07) is 1.77. The molecule has 196 valence electrons. The van der Waals surface area contributed by atoms with Gasteiger partial charge in [0, 0.05) is 29.5 Å². The van der Waals surface area contributed by atoms with Gasteiger partial charge >= 0.3 is 0 Å². The standard InChI is InChI=1S/C27H28O10/c1-10-5-12(3)20(30)19-16(10)14(7-28)13-6-11(2)17-22(18(13)21(19)31)35-26(32)24-23(17)36-27(37-24,15(8-29)33-4)25(26)9-34-25/h6-7,10,12,15,23-24,29,31-32H,5,8-9H2,1-4H3/t10-,12+,15?,23?,24?,25?,26?,27?/m0/s1. The molecule has 2 aromatic rings. The number of fused-ring (bicyclic) bond motifs is 8. The first kappa shape index (κ1) is 23.5. The fourth-order valence-corrected chi connectivity index (χ4v) is 7.36. The summed E-state index contributed by atoms with van der Waals surface area (Å²) in [7, 11) is 1.40. The predicted octanol–water partition coefficient (Wildman–Crippen LogP) is 2.02. The van der Waals surface area contributed by atoms with Crippen LogP contribution in [0.4, 0.5) is 0 Å². The fraction of sp³-hybridized carbons (Fsp3) is 0.556. The number of phenols is 1. The second-order valence-electron chi connectivity index (χ2n) is 11.0. The molecule has 0 aromatic heterocycles. The van der Waals surface area contributed by atoms with E-state index < -0.39 is 42.1 Å². The molecule has 4 aliphatic heterocycles. The average Bonchev–Trinajstić information content (AvgIpc) is 3.54. The van der Waals surface area contributed by atoms with Crippen molar-refractivity contribution in [2.45, 2.75) is 68.6 Å². The molecule has 0 saturated carbocycles.